The smallest absolute Gasteiger partial charge is 0.153 e. The molecular formula is C7H14FNO2S. The van der Waals surface area contributed by atoms with Crippen LogP contribution in [-0.4, -0.2) is 32.1 Å². The highest BCUT2D eigenvalue weighted by molar-refractivity contribution is 7.91. The van der Waals surface area contributed by atoms with Gasteiger partial charge in [0, 0.05) is 5.92 Å². The van der Waals surface area contributed by atoms with Gasteiger partial charge in [0.25, 0.3) is 0 Å². The van der Waals surface area contributed by atoms with Gasteiger partial charge in [-0.15, -0.1) is 0 Å². The molecule has 1 saturated heterocycles. The average Bonchev–Trinajstić information content (AvgIpc) is 2.25. The van der Waals surface area contributed by atoms with Crippen LogP contribution in [0, 0.1) is 5.92 Å². The van der Waals surface area contributed by atoms with E-state index >= 15 is 0 Å². The van der Waals surface area contributed by atoms with E-state index in [1.165, 1.54) is 0 Å². The molecule has 1 heterocycles. The molecule has 1 rings (SSSR count). The van der Waals surface area contributed by atoms with E-state index in [-0.39, 0.29) is 30.4 Å². The molecule has 0 spiro atoms. The maximum Gasteiger partial charge on any atom is 0.153 e. The van der Waals surface area contributed by atoms with Gasteiger partial charge < -0.3 is 5.73 Å². The van der Waals surface area contributed by atoms with Crippen molar-refractivity contribution >= 4 is 9.84 Å². The van der Waals surface area contributed by atoms with Gasteiger partial charge in [-0.05, 0) is 13.0 Å². The van der Waals surface area contributed by atoms with Crippen molar-refractivity contribution in [3.8, 4) is 0 Å². The van der Waals surface area contributed by atoms with E-state index in [2.05, 4.69) is 0 Å². The standard InChI is InChI=1S/C7H14FNO2S/c1-6(4-9)7(8)2-3-12(10,11)5-7/h6H,2-5,9H2,1H3. The lowest BCUT2D eigenvalue weighted by atomic mass is 9.90. The third-order valence-electron chi connectivity index (χ3n) is 2.53. The summed E-state index contributed by atoms with van der Waals surface area (Å²) < 4.78 is 35.7. The summed E-state index contributed by atoms with van der Waals surface area (Å²) in [6, 6.07) is 0. The van der Waals surface area contributed by atoms with Crippen LogP contribution in [0.3, 0.4) is 0 Å². The Kier molecular flexibility index (Phi) is 2.45. The molecule has 0 aliphatic carbocycles. The van der Waals surface area contributed by atoms with Crippen molar-refractivity contribution in [3.05, 3.63) is 0 Å². The van der Waals surface area contributed by atoms with Crippen molar-refractivity contribution in [2.75, 3.05) is 18.1 Å². The molecule has 0 amide bonds. The van der Waals surface area contributed by atoms with E-state index < -0.39 is 15.5 Å². The highest BCUT2D eigenvalue weighted by Crippen LogP contribution is 2.33. The van der Waals surface area contributed by atoms with Crippen LogP contribution >= 0.6 is 0 Å². The molecule has 12 heavy (non-hydrogen) atoms. The summed E-state index contributed by atoms with van der Waals surface area (Å²) in [5.74, 6) is -0.749. The summed E-state index contributed by atoms with van der Waals surface area (Å²) in [4.78, 5) is 0. The molecule has 0 aromatic carbocycles. The number of alkyl halides is 1. The van der Waals surface area contributed by atoms with Crippen LogP contribution in [0.5, 0.6) is 0 Å². The quantitative estimate of drug-likeness (QED) is 0.680. The van der Waals surface area contributed by atoms with Crippen LogP contribution in [0.1, 0.15) is 13.3 Å². The number of hydrogen-bond donors (Lipinski definition) is 1. The van der Waals surface area contributed by atoms with Crippen molar-refractivity contribution in [3.63, 3.8) is 0 Å². The van der Waals surface area contributed by atoms with Crippen molar-refractivity contribution in [1.29, 1.82) is 0 Å². The fourth-order valence-electron chi connectivity index (χ4n) is 1.43. The molecular weight excluding hydrogens is 181 g/mol. The molecule has 1 aliphatic heterocycles. The average molecular weight is 195 g/mol. The molecule has 1 aliphatic rings. The summed E-state index contributed by atoms with van der Waals surface area (Å²) in [6.45, 7) is 1.85. The lowest BCUT2D eigenvalue weighted by molar-refractivity contribution is 0.126. The fraction of sp³-hybridized carbons (Fsp3) is 1.00. The van der Waals surface area contributed by atoms with E-state index in [0.29, 0.717) is 0 Å². The zero-order valence-corrected chi connectivity index (χ0v) is 7.90. The number of rotatable bonds is 2. The number of halogens is 1. The molecule has 0 aromatic heterocycles. The molecule has 2 unspecified atom stereocenters. The van der Waals surface area contributed by atoms with E-state index in [1.807, 2.05) is 0 Å². The largest absolute Gasteiger partial charge is 0.330 e. The van der Waals surface area contributed by atoms with Gasteiger partial charge in [-0.1, -0.05) is 6.92 Å². The van der Waals surface area contributed by atoms with Crippen molar-refractivity contribution in [2.45, 2.75) is 19.0 Å². The molecule has 3 nitrogen and oxygen atoms in total. The molecule has 0 radical (unpaired) electrons. The molecule has 2 atom stereocenters. The van der Waals surface area contributed by atoms with Gasteiger partial charge in [0.05, 0.1) is 11.5 Å². The first-order valence-corrected chi connectivity index (χ1v) is 5.81. The summed E-state index contributed by atoms with van der Waals surface area (Å²) in [7, 11) is -3.14. The molecule has 2 N–H and O–H groups in total. The van der Waals surface area contributed by atoms with Gasteiger partial charge in [-0.25, -0.2) is 12.8 Å². The van der Waals surface area contributed by atoms with Crippen molar-refractivity contribution in [1.82, 2.24) is 0 Å². The Morgan fingerprint density at radius 3 is 2.58 bits per heavy atom. The Balaban J connectivity index is 2.77. The highest BCUT2D eigenvalue weighted by atomic mass is 32.2. The van der Waals surface area contributed by atoms with Gasteiger partial charge in [-0.2, -0.15) is 0 Å². The highest BCUT2D eigenvalue weighted by Gasteiger charge is 2.45. The summed E-state index contributed by atoms with van der Waals surface area (Å²) in [5.41, 5.74) is 3.72. The number of nitrogens with two attached hydrogens (primary N) is 1. The third kappa shape index (κ3) is 1.77. The zero-order chi connectivity index (χ0) is 9.41. The van der Waals surface area contributed by atoms with E-state index in [9.17, 15) is 12.8 Å². The second-order valence-electron chi connectivity index (χ2n) is 3.51. The molecule has 0 aromatic rings. The zero-order valence-electron chi connectivity index (χ0n) is 7.09. The lowest BCUT2D eigenvalue weighted by Gasteiger charge is -2.23. The minimum absolute atomic E-state index is 0.0339. The van der Waals surface area contributed by atoms with Gasteiger partial charge >= 0.3 is 0 Å². The van der Waals surface area contributed by atoms with E-state index in [0.717, 1.165) is 0 Å². The topological polar surface area (TPSA) is 60.2 Å². The Morgan fingerprint density at radius 1 is 1.67 bits per heavy atom. The maximum atomic E-state index is 13.7. The first kappa shape index (κ1) is 9.92. The summed E-state index contributed by atoms with van der Waals surface area (Å²) in [6.07, 6.45) is 0.105. The predicted molar refractivity (Wildman–Crippen MR) is 45.3 cm³/mol. The van der Waals surface area contributed by atoms with Gasteiger partial charge in [0.1, 0.15) is 5.67 Å². The van der Waals surface area contributed by atoms with Gasteiger partial charge in [0.2, 0.25) is 0 Å². The monoisotopic (exact) mass is 195 g/mol. The van der Waals surface area contributed by atoms with Crippen LogP contribution in [0.15, 0.2) is 0 Å². The maximum absolute atomic E-state index is 13.7. The summed E-state index contributed by atoms with van der Waals surface area (Å²) in [5, 5.41) is 0. The second-order valence-corrected chi connectivity index (χ2v) is 5.70. The molecule has 72 valence electrons. The number of sulfone groups is 1. The van der Waals surface area contributed by atoms with Crippen LogP contribution in [-0.2, 0) is 9.84 Å². The first-order chi connectivity index (χ1) is 5.40. The second kappa shape index (κ2) is 2.96. The normalized spacial score (nSPS) is 36.6. The van der Waals surface area contributed by atoms with Gasteiger partial charge in [-0.3, -0.25) is 0 Å². The minimum atomic E-state index is -3.14. The molecule has 5 heteroatoms. The Labute approximate surface area is 72.1 Å². The summed E-state index contributed by atoms with van der Waals surface area (Å²) >= 11 is 0. The van der Waals surface area contributed by atoms with Crippen LogP contribution in [0.4, 0.5) is 4.39 Å². The minimum Gasteiger partial charge on any atom is -0.330 e. The fourth-order valence-corrected chi connectivity index (χ4v) is 3.39. The van der Waals surface area contributed by atoms with Crippen LogP contribution in [0.25, 0.3) is 0 Å². The Morgan fingerprint density at radius 2 is 2.25 bits per heavy atom. The first-order valence-electron chi connectivity index (χ1n) is 3.99. The Hall–Kier alpha value is -0.160. The van der Waals surface area contributed by atoms with Crippen molar-refractivity contribution < 1.29 is 12.8 Å². The van der Waals surface area contributed by atoms with E-state index in [1.54, 1.807) is 6.92 Å². The van der Waals surface area contributed by atoms with Crippen molar-refractivity contribution in [2.24, 2.45) is 11.7 Å². The molecule has 0 bridgehead atoms. The number of hydrogen-bond acceptors (Lipinski definition) is 3. The lowest BCUT2D eigenvalue weighted by Crippen LogP contribution is -2.37. The molecule has 0 saturated carbocycles. The third-order valence-corrected chi connectivity index (χ3v) is 4.27. The van der Waals surface area contributed by atoms with Crippen LogP contribution < -0.4 is 5.73 Å². The Bertz CT molecular complexity index is 265. The SMILES string of the molecule is CC(CN)C1(F)CCS(=O)(=O)C1. The molecule has 1 fully saturated rings. The predicted octanol–water partition coefficient (Wildman–Crippen LogP) is 0.108. The van der Waals surface area contributed by atoms with Crippen LogP contribution in [0.2, 0.25) is 0 Å². The van der Waals surface area contributed by atoms with E-state index in [4.69, 9.17) is 5.73 Å². The van der Waals surface area contributed by atoms with Gasteiger partial charge in [0.15, 0.2) is 9.84 Å².